The topological polar surface area (TPSA) is 58.6 Å². The van der Waals surface area contributed by atoms with Crippen molar-refractivity contribution in [2.24, 2.45) is 0 Å². The van der Waals surface area contributed by atoms with Crippen molar-refractivity contribution in [2.45, 2.75) is 30.1 Å². The van der Waals surface area contributed by atoms with Crippen LogP contribution < -0.4 is 9.46 Å². The van der Waals surface area contributed by atoms with Crippen LogP contribution in [0.2, 0.25) is 0 Å². The van der Waals surface area contributed by atoms with E-state index in [1.54, 1.807) is 36.4 Å². The Morgan fingerprint density at radius 3 is 2.18 bits per heavy atom. The van der Waals surface area contributed by atoms with Gasteiger partial charge in [0.05, 0.1) is 23.6 Å². The maximum Gasteiger partial charge on any atom is 0.416 e. The minimum atomic E-state index is -4.48. The van der Waals surface area contributed by atoms with E-state index in [1.807, 2.05) is 13.1 Å². The van der Waals surface area contributed by atoms with Crippen LogP contribution in [0.25, 0.3) is 0 Å². The van der Waals surface area contributed by atoms with E-state index in [2.05, 4.69) is 9.62 Å². The Bertz CT molecular complexity index is 1260. The lowest BCUT2D eigenvalue weighted by Crippen LogP contribution is -2.33. The highest BCUT2D eigenvalue weighted by Gasteiger charge is 2.31. The molecule has 0 aliphatic carbocycles. The number of sulfonamides is 1. The van der Waals surface area contributed by atoms with Crippen molar-refractivity contribution in [1.29, 1.82) is 0 Å². The Kier molecular flexibility index (Phi) is 6.71. The van der Waals surface area contributed by atoms with Crippen LogP contribution in [0, 0.1) is 0 Å². The zero-order valence-corrected chi connectivity index (χ0v) is 19.6. The Morgan fingerprint density at radius 1 is 0.971 bits per heavy atom. The van der Waals surface area contributed by atoms with Crippen molar-refractivity contribution < 1.29 is 26.3 Å². The monoisotopic (exact) mass is 490 g/mol. The molecule has 180 valence electrons. The molecule has 34 heavy (non-hydrogen) atoms. The second-order valence-electron chi connectivity index (χ2n) is 8.33. The molecule has 1 atom stereocenters. The van der Waals surface area contributed by atoms with Gasteiger partial charge in [0.1, 0.15) is 5.75 Å². The van der Waals surface area contributed by atoms with Crippen LogP contribution >= 0.6 is 0 Å². The molecule has 9 heteroatoms. The van der Waals surface area contributed by atoms with Crippen molar-refractivity contribution in [3.63, 3.8) is 0 Å². The van der Waals surface area contributed by atoms with E-state index in [9.17, 15) is 21.6 Å². The van der Waals surface area contributed by atoms with Gasteiger partial charge in [0.15, 0.2) is 0 Å². The highest BCUT2D eigenvalue weighted by Crippen LogP contribution is 2.33. The van der Waals surface area contributed by atoms with E-state index < -0.39 is 27.8 Å². The van der Waals surface area contributed by atoms with Gasteiger partial charge in [-0.1, -0.05) is 36.4 Å². The minimum Gasteiger partial charge on any atom is -0.497 e. The molecule has 0 bridgehead atoms. The standard InChI is InChI=1S/C25H25F3N2O3S/c1-30-15-14-22-19(16-30)4-3-5-23(22)34(31,32)29-24(18-8-12-21(33-2)13-9-18)17-6-10-20(11-7-17)25(26,27)28/h3-13,24,29H,14-16H2,1-2H3. The van der Waals surface area contributed by atoms with E-state index in [-0.39, 0.29) is 4.90 Å². The number of nitrogens with one attached hydrogen (secondary N) is 1. The van der Waals surface area contributed by atoms with Crippen LogP contribution in [0.15, 0.2) is 71.6 Å². The first kappa shape index (κ1) is 24.3. The summed E-state index contributed by atoms with van der Waals surface area (Å²) in [5.74, 6) is 0.582. The number of hydrogen-bond acceptors (Lipinski definition) is 4. The molecular formula is C25H25F3N2O3S. The number of hydrogen-bond donors (Lipinski definition) is 1. The van der Waals surface area contributed by atoms with Gasteiger partial charge in [0.2, 0.25) is 10.0 Å². The molecule has 1 aliphatic heterocycles. The quantitative estimate of drug-likeness (QED) is 0.541. The first-order chi connectivity index (χ1) is 16.1. The van der Waals surface area contributed by atoms with Crippen LogP contribution in [0.5, 0.6) is 5.75 Å². The fourth-order valence-electron chi connectivity index (χ4n) is 4.18. The number of rotatable bonds is 6. The summed E-state index contributed by atoms with van der Waals surface area (Å²) < 4.78 is 74.3. The fourth-order valence-corrected chi connectivity index (χ4v) is 5.70. The van der Waals surface area contributed by atoms with Gasteiger partial charge in [0, 0.05) is 13.1 Å². The van der Waals surface area contributed by atoms with Crippen LogP contribution in [0.3, 0.4) is 0 Å². The Hall–Kier alpha value is -2.88. The molecule has 5 nitrogen and oxygen atoms in total. The third-order valence-corrected chi connectivity index (χ3v) is 7.50. The lowest BCUT2D eigenvalue weighted by molar-refractivity contribution is -0.137. The second kappa shape index (κ2) is 9.40. The van der Waals surface area contributed by atoms with Gasteiger partial charge >= 0.3 is 6.18 Å². The Balaban J connectivity index is 1.74. The van der Waals surface area contributed by atoms with E-state index >= 15 is 0 Å². The van der Waals surface area contributed by atoms with Crippen LogP contribution in [0.1, 0.15) is 33.9 Å². The summed E-state index contributed by atoms with van der Waals surface area (Å²) in [6.45, 7) is 1.39. The third-order valence-electron chi connectivity index (χ3n) is 6.00. The summed E-state index contributed by atoms with van der Waals surface area (Å²) in [7, 11) is -0.497. The molecule has 1 N–H and O–H groups in total. The summed E-state index contributed by atoms with van der Waals surface area (Å²) in [5.41, 5.74) is 1.90. The zero-order valence-electron chi connectivity index (χ0n) is 18.8. The number of nitrogens with zero attached hydrogens (tertiary/aromatic N) is 1. The predicted octanol–water partition coefficient (Wildman–Crippen LogP) is 4.77. The van der Waals surface area contributed by atoms with Gasteiger partial charge in [-0.3, -0.25) is 0 Å². The normalized spacial score (nSPS) is 15.6. The van der Waals surface area contributed by atoms with Crippen LogP contribution in [0.4, 0.5) is 13.2 Å². The van der Waals surface area contributed by atoms with Gasteiger partial charge in [-0.05, 0) is 66.1 Å². The average molecular weight is 491 g/mol. The van der Waals surface area contributed by atoms with Crippen LogP contribution in [-0.2, 0) is 29.2 Å². The molecular weight excluding hydrogens is 465 g/mol. The molecule has 0 spiro atoms. The summed E-state index contributed by atoms with van der Waals surface area (Å²) in [4.78, 5) is 2.32. The lowest BCUT2D eigenvalue weighted by Gasteiger charge is -2.27. The largest absolute Gasteiger partial charge is 0.497 e. The van der Waals surface area contributed by atoms with Gasteiger partial charge in [-0.15, -0.1) is 0 Å². The average Bonchev–Trinajstić information content (AvgIpc) is 2.81. The van der Waals surface area contributed by atoms with Crippen molar-refractivity contribution in [2.75, 3.05) is 20.7 Å². The molecule has 1 heterocycles. The molecule has 0 saturated heterocycles. The highest BCUT2D eigenvalue weighted by atomic mass is 32.2. The molecule has 1 aliphatic rings. The maximum absolute atomic E-state index is 13.6. The summed E-state index contributed by atoms with van der Waals surface area (Å²) in [6, 6.07) is 15.6. The maximum atomic E-state index is 13.6. The van der Waals surface area contributed by atoms with Crippen molar-refractivity contribution >= 4 is 10.0 Å². The molecule has 0 fully saturated rings. The smallest absolute Gasteiger partial charge is 0.416 e. The van der Waals surface area contributed by atoms with E-state index in [0.717, 1.165) is 29.8 Å². The van der Waals surface area contributed by atoms with E-state index in [0.29, 0.717) is 29.8 Å². The molecule has 4 rings (SSSR count). The predicted molar refractivity (Wildman–Crippen MR) is 123 cm³/mol. The number of halogens is 3. The fraction of sp³-hybridized carbons (Fsp3) is 0.280. The number of alkyl halides is 3. The van der Waals surface area contributed by atoms with Gasteiger partial charge in [-0.2, -0.15) is 17.9 Å². The molecule has 0 amide bonds. The van der Waals surface area contributed by atoms with E-state index in [1.165, 1.54) is 19.2 Å². The van der Waals surface area contributed by atoms with Gasteiger partial charge < -0.3 is 9.64 Å². The SMILES string of the molecule is COc1ccc(C(NS(=O)(=O)c2cccc3c2CCN(C)C3)c2ccc(C(F)(F)F)cc2)cc1. The number of fused-ring (bicyclic) bond motifs is 1. The Labute approximate surface area is 197 Å². The Morgan fingerprint density at radius 2 is 1.59 bits per heavy atom. The molecule has 1 unspecified atom stereocenters. The highest BCUT2D eigenvalue weighted by molar-refractivity contribution is 7.89. The van der Waals surface area contributed by atoms with Crippen LogP contribution in [-0.4, -0.2) is 34.0 Å². The lowest BCUT2D eigenvalue weighted by atomic mass is 9.98. The molecule has 3 aromatic carbocycles. The molecule has 0 saturated carbocycles. The van der Waals surface area contributed by atoms with Gasteiger partial charge in [0.25, 0.3) is 0 Å². The minimum absolute atomic E-state index is 0.198. The first-order valence-corrected chi connectivity index (χ1v) is 12.2. The van der Waals surface area contributed by atoms with E-state index in [4.69, 9.17) is 4.74 Å². The van der Waals surface area contributed by atoms with Gasteiger partial charge in [-0.25, -0.2) is 8.42 Å². The van der Waals surface area contributed by atoms with Crippen molar-refractivity contribution in [1.82, 2.24) is 9.62 Å². The number of ether oxygens (including phenoxy) is 1. The summed E-state index contributed by atoms with van der Waals surface area (Å²) >= 11 is 0. The summed E-state index contributed by atoms with van der Waals surface area (Å²) in [6.07, 6.45) is -3.89. The van der Waals surface area contributed by atoms with Crippen molar-refractivity contribution in [3.8, 4) is 5.75 Å². The number of likely N-dealkylation sites (N-methyl/N-ethyl adjacent to an activating group) is 1. The zero-order chi connectivity index (χ0) is 24.5. The molecule has 3 aromatic rings. The molecule has 0 aromatic heterocycles. The number of methoxy groups -OCH3 is 1. The molecule has 0 radical (unpaired) electrons. The second-order valence-corrected chi connectivity index (χ2v) is 10.0. The number of benzene rings is 3. The summed E-state index contributed by atoms with van der Waals surface area (Å²) in [5, 5.41) is 0. The van der Waals surface area contributed by atoms with Crippen molar-refractivity contribution in [3.05, 3.63) is 94.5 Å². The first-order valence-electron chi connectivity index (χ1n) is 10.7. The third kappa shape index (κ3) is 5.11.